The van der Waals surface area contributed by atoms with Gasteiger partial charge in [-0.2, -0.15) is 18.2 Å². The molecule has 0 atom stereocenters. The normalized spacial score (nSPS) is 17.7. The zero-order chi connectivity index (χ0) is 24.6. The SMILES string of the molecule is O=c1[nH]ccc2nc(N3CCC(O)CC3)nc(Nc3ccc(N4CCOCC4)c(C(F)(F)F)c3)c12. The molecule has 2 aliphatic rings. The van der Waals surface area contributed by atoms with Crippen molar-refractivity contribution in [3.05, 3.63) is 46.4 Å². The van der Waals surface area contributed by atoms with Gasteiger partial charge in [0.2, 0.25) is 5.95 Å². The maximum absolute atomic E-state index is 14.0. The summed E-state index contributed by atoms with van der Waals surface area (Å²) in [6.07, 6.45) is -2.40. The van der Waals surface area contributed by atoms with E-state index >= 15 is 0 Å². The van der Waals surface area contributed by atoms with Crippen LogP contribution in [-0.2, 0) is 10.9 Å². The number of benzene rings is 1. The third kappa shape index (κ3) is 4.89. The molecule has 3 aromatic rings. The summed E-state index contributed by atoms with van der Waals surface area (Å²) in [5.74, 6) is 0.462. The minimum absolute atomic E-state index is 0.0873. The summed E-state index contributed by atoms with van der Waals surface area (Å²) in [5, 5.41) is 12.9. The predicted octanol–water partition coefficient (Wildman–Crippen LogP) is 2.88. The number of rotatable bonds is 4. The van der Waals surface area contributed by atoms with Gasteiger partial charge in [0.05, 0.1) is 30.4 Å². The summed E-state index contributed by atoms with van der Waals surface area (Å²) in [6.45, 7) is 2.53. The lowest BCUT2D eigenvalue weighted by atomic mass is 10.1. The number of hydrogen-bond acceptors (Lipinski definition) is 8. The Hall–Kier alpha value is -3.38. The number of alkyl halides is 3. The molecule has 2 aromatic heterocycles. The van der Waals surface area contributed by atoms with Crippen molar-refractivity contribution in [3.63, 3.8) is 0 Å². The van der Waals surface area contributed by atoms with Crippen molar-refractivity contribution in [1.29, 1.82) is 0 Å². The number of hydrogen-bond donors (Lipinski definition) is 3. The Balaban J connectivity index is 1.54. The summed E-state index contributed by atoms with van der Waals surface area (Å²) < 4.78 is 47.2. The Bertz CT molecular complexity index is 1270. The van der Waals surface area contributed by atoms with Gasteiger partial charge >= 0.3 is 6.18 Å². The van der Waals surface area contributed by atoms with E-state index in [2.05, 4.69) is 20.3 Å². The number of fused-ring (bicyclic) bond motifs is 1. The first-order chi connectivity index (χ1) is 16.8. The second-order valence-corrected chi connectivity index (χ2v) is 8.61. The molecule has 0 unspecified atom stereocenters. The van der Waals surface area contributed by atoms with E-state index in [1.165, 1.54) is 12.3 Å². The lowest BCUT2D eigenvalue weighted by molar-refractivity contribution is -0.137. The summed E-state index contributed by atoms with van der Waals surface area (Å²) in [5.41, 5.74) is -0.622. The van der Waals surface area contributed by atoms with Crippen molar-refractivity contribution >= 4 is 34.0 Å². The molecular formula is C23H25F3N6O3. The zero-order valence-electron chi connectivity index (χ0n) is 18.8. The minimum Gasteiger partial charge on any atom is -0.393 e. The van der Waals surface area contributed by atoms with Gasteiger partial charge in [-0.25, -0.2) is 4.98 Å². The molecule has 5 rings (SSSR count). The van der Waals surface area contributed by atoms with Crippen LogP contribution < -0.4 is 20.7 Å². The molecule has 9 nitrogen and oxygen atoms in total. The Morgan fingerprint density at radius 2 is 1.80 bits per heavy atom. The van der Waals surface area contributed by atoms with Crippen LogP contribution in [0.5, 0.6) is 0 Å². The van der Waals surface area contributed by atoms with Gasteiger partial charge in [-0.3, -0.25) is 4.79 Å². The maximum atomic E-state index is 14.0. The molecule has 2 saturated heterocycles. The number of halogens is 3. The fraction of sp³-hybridized carbons (Fsp3) is 0.435. The zero-order valence-corrected chi connectivity index (χ0v) is 18.8. The van der Waals surface area contributed by atoms with Crippen LogP contribution in [0, 0.1) is 0 Å². The standard InChI is InChI=1S/C23H25F3N6O3/c24-23(25,26)16-13-14(1-2-18(16)31-9-11-35-12-10-31)28-20-19-17(3-6-27-21(19)34)29-22(30-20)32-7-4-15(33)5-8-32/h1-3,6,13,15,33H,4-5,7-12H2,(H,27,34)(H,28,29,30). The highest BCUT2D eigenvalue weighted by molar-refractivity contribution is 5.91. The minimum atomic E-state index is -4.57. The summed E-state index contributed by atoms with van der Waals surface area (Å²) >= 11 is 0. The van der Waals surface area contributed by atoms with E-state index in [0.29, 0.717) is 63.7 Å². The number of aliphatic hydroxyl groups is 1. The second-order valence-electron chi connectivity index (χ2n) is 8.61. The highest BCUT2D eigenvalue weighted by atomic mass is 19.4. The van der Waals surface area contributed by atoms with Gasteiger partial charge in [-0.1, -0.05) is 0 Å². The highest BCUT2D eigenvalue weighted by Gasteiger charge is 2.35. The topological polar surface area (TPSA) is 107 Å². The smallest absolute Gasteiger partial charge is 0.393 e. The van der Waals surface area contributed by atoms with Gasteiger partial charge in [0.1, 0.15) is 11.2 Å². The fourth-order valence-electron chi connectivity index (χ4n) is 4.43. The van der Waals surface area contributed by atoms with E-state index in [9.17, 15) is 23.1 Å². The molecule has 0 radical (unpaired) electrons. The fourth-order valence-corrected chi connectivity index (χ4v) is 4.43. The molecule has 0 saturated carbocycles. The van der Waals surface area contributed by atoms with Crippen molar-refractivity contribution in [2.75, 3.05) is 54.5 Å². The molecule has 12 heteroatoms. The maximum Gasteiger partial charge on any atom is 0.418 e. The number of pyridine rings is 1. The quantitative estimate of drug-likeness (QED) is 0.513. The monoisotopic (exact) mass is 490 g/mol. The number of morpholine rings is 1. The molecule has 35 heavy (non-hydrogen) atoms. The molecule has 0 bridgehead atoms. The molecule has 186 valence electrons. The summed E-state index contributed by atoms with van der Waals surface area (Å²) in [6, 6.07) is 5.63. The molecule has 0 amide bonds. The van der Waals surface area contributed by atoms with Crippen molar-refractivity contribution < 1.29 is 23.0 Å². The van der Waals surface area contributed by atoms with Gasteiger partial charge in [0.15, 0.2) is 0 Å². The Morgan fingerprint density at radius 1 is 1.06 bits per heavy atom. The molecule has 3 N–H and O–H groups in total. The number of nitrogens with zero attached hydrogens (tertiary/aromatic N) is 4. The summed E-state index contributed by atoms with van der Waals surface area (Å²) in [4.78, 5) is 27.7. The molecule has 2 aliphatic heterocycles. The van der Waals surface area contributed by atoms with Crippen LogP contribution in [-0.4, -0.2) is 65.6 Å². The number of H-pyrrole nitrogens is 1. The number of aromatic amines is 1. The third-order valence-corrected chi connectivity index (χ3v) is 6.27. The Kier molecular flexibility index (Phi) is 6.24. The van der Waals surface area contributed by atoms with Crippen LogP contribution in [0.15, 0.2) is 35.3 Å². The Morgan fingerprint density at radius 3 is 2.51 bits per heavy atom. The Labute approximate surface area is 198 Å². The summed E-state index contributed by atoms with van der Waals surface area (Å²) in [7, 11) is 0. The van der Waals surface area contributed by atoms with Gasteiger partial charge < -0.3 is 29.9 Å². The van der Waals surface area contributed by atoms with E-state index in [0.717, 1.165) is 6.07 Å². The van der Waals surface area contributed by atoms with Gasteiger partial charge in [0, 0.05) is 43.8 Å². The van der Waals surface area contributed by atoms with Crippen LogP contribution in [0.4, 0.5) is 36.3 Å². The lowest BCUT2D eigenvalue weighted by Crippen LogP contribution is -2.37. The van der Waals surface area contributed by atoms with Gasteiger partial charge in [-0.05, 0) is 37.1 Å². The van der Waals surface area contributed by atoms with Crippen molar-refractivity contribution in [2.45, 2.75) is 25.1 Å². The first-order valence-corrected chi connectivity index (χ1v) is 11.4. The molecular weight excluding hydrogens is 465 g/mol. The van der Waals surface area contributed by atoms with Crippen LogP contribution in [0.25, 0.3) is 10.9 Å². The van der Waals surface area contributed by atoms with Crippen LogP contribution in [0.3, 0.4) is 0 Å². The number of nitrogens with one attached hydrogen (secondary N) is 2. The number of anilines is 4. The number of aliphatic hydroxyl groups excluding tert-OH is 1. The average molecular weight is 490 g/mol. The number of aromatic nitrogens is 3. The predicted molar refractivity (Wildman–Crippen MR) is 125 cm³/mol. The second kappa shape index (κ2) is 9.34. The van der Waals surface area contributed by atoms with Crippen molar-refractivity contribution in [3.8, 4) is 0 Å². The molecule has 4 heterocycles. The third-order valence-electron chi connectivity index (χ3n) is 6.27. The van der Waals surface area contributed by atoms with Gasteiger partial charge in [0.25, 0.3) is 5.56 Å². The molecule has 1 aromatic carbocycles. The van der Waals surface area contributed by atoms with Crippen molar-refractivity contribution in [1.82, 2.24) is 15.0 Å². The number of piperidine rings is 1. The van der Waals surface area contributed by atoms with Crippen LogP contribution >= 0.6 is 0 Å². The average Bonchev–Trinajstić information content (AvgIpc) is 2.84. The van der Waals surface area contributed by atoms with Gasteiger partial charge in [-0.15, -0.1) is 0 Å². The van der Waals surface area contributed by atoms with Crippen LogP contribution in [0.2, 0.25) is 0 Å². The van der Waals surface area contributed by atoms with E-state index in [1.807, 2.05) is 4.90 Å². The first kappa shape index (κ1) is 23.4. The molecule has 0 spiro atoms. The highest BCUT2D eigenvalue weighted by Crippen LogP contribution is 2.39. The number of ether oxygens (including phenoxy) is 1. The molecule has 0 aliphatic carbocycles. The largest absolute Gasteiger partial charge is 0.418 e. The lowest BCUT2D eigenvalue weighted by Gasteiger charge is -2.31. The van der Waals surface area contributed by atoms with Crippen molar-refractivity contribution in [2.24, 2.45) is 0 Å². The van der Waals surface area contributed by atoms with E-state index in [1.54, 1.807) is 17.0 Å². The van der Waals surface area contributed by atoms with E-state index in [4.69, 9.17) is 4.74 Å². The molecule has 2 fully saturated rings. The first-order valence-electron chi connectivity index (χ1n) is 11.4. The van der Waals surface area contributed by atoms with Crippen LogP contribution in [0.1, 0.15) is 18.4 Å². The van der Waals surface area contributed by atoms with E-state index < -0.39 is 23.4 Å². The van der Waals surface area contributed by atoms with E-state index in [-0.39, 0.29) is 22.6 Å².